The molecule has 0 saturated heterocycles. The summed E-state index contributed by atoms with van der Waals surface area (Å²) in [7, 11) is 0. The van der Waals surface area contributed by atoms with Crippen molar-refractivity contribution in [3.8, 4) is 0 Å². The quantitative estimate of drug-likeness (QED) is 0.867. The highest BCUT2D eigenvalue weighted by molar-refractivity contribution is 5.53. The second-order valence-corrected chi connectivity index (χ2v) is 5.87. The monoisotopic (exact) mass is 246 g/mol. The minimum Gasteiger partial charge on any atom is -0.392 e. The first-order valence-corrected chi connectivity index (χ1v) is 7.03. The Labute approximate surface area is 109 Å². The summed E-state index contributed by atoms with van der Waals surface area (Å²) < 4.78 is 0. The van der Waals surface area contributed by atoms with Crippen LogP contribution >= 0.6 is 0 Å². The van der Waals surface area contributed by atoms with Crippen LogP contribution in [0.15, 0.2) is 6.07 Å². The Balaban J connectivity index is 1.95. The van der Waals surface area contributed by atoms with E-state index in [1.807, 2.05) is 6.92 Å². The van der Waals surface area contributed by atoms with Crippen LogP contribution in [0.3, 0.4) is 0 Å². The predicted octanol–water partition coefficient (Wildman–Crippen LogP) is 2.57. The van der Waals surface area contributed by atoms with Gasteiger partial charge in [-0.1, -0.05) is 0 Å². The van der Waals surface area contributed by atoms with E-state index in [1.165, 1.54) is 31.2 Å². The first kappa shape index (κ1) is 12.0. The van der Waals surface area contributed by atoms with E-state index in [9.17, 15) is 5.11 Å². The highest BCUT2D eigenvalue weighted by atomic mass is 16.3. The molecule has 1 aromatic heterocycles. The molecular weight excluding hydrogens is 224 g/mol. The van der Waals surface area contributed by atoms with Crippen molar-refractivity contribution >= 4 is 5.82 Å². The first-order valence-electron chi connectivity index (χ1n) is 7.03. The summed E-state index contributed by atoms with van der Waals surface area (Å²) in [4.78, 5) is 7.17. The van der Waals surface area contributed by atoms with Gasteiger partial charge in [-0.3, -0.25) is 0 Å². The van der Waals surface area contributed by atoms with E-state index in [-0.39, 0.29) is 6.61 Å². The molecule has 0 radical (unpaired) electrons. The third kappa shape index (κ3) is 2.37. The Morgan fingerprint density at radius 1 is 1.28 bits per heavy atom. The number of aliphatic hydroxyl groups is 1. The largest absolute Gasteiger partial charge is 0.392 e. The Kier molecular flexibility index (Phi) is 3.02. The van der Waals surface area contributed by atoms with Crippen molar-refractivity contribution in [2.75, 3.05) is 11.4 Å². The number of hydrogen-bond donors (Lipinski definition) is 1. The molecule has 0 amide bonds. The zero-order chi connectivity index (χ0) is 12.7. The van der Waals surface area contributed by atoms with Gasteiger partial charge in [-0.05, 0) is 57.1 Å². The van der Waals surface area contributed by atoms with Crippen LogP contribution in [-0.2, 0) is 6.61 Å². The van der Waals surface area contributed by atoms with Crippen molar-refractivity contribution in [1.29, 1.82) is 0 Å². The molecule has 0 aromatic carbocycles. The van der Waals surface area contributed by atoms with Gasteiger partial charge in [0.1, 0.15) is 5.82 Å². The summed E-state index contributed by atoms with van der Waals surface area (Å²) in [5, 5.41) is 9.62. The minimum atomic E-state index is 0.0995. The molecule has 1 N–H and O–H groups in total. The molecule has 98 valence electrons. The minimum absolute atomic E-state index is 0.0995. The third-order valence-corrected chi connectivity index (χ3v) is 4.02. The van der Waals surface area contributed by atoms with Crippen LogP contribution in [0, 0.1) is 19.8 Å². The average Bonchev–Trinajstić information content (AvgIpc) is 3.17. The molecule has 3 nitrogen and oxygen atoms in total. The lowest BCUT2D eigenvalue weighted by Crippen LogP contribution is -2.30. The molecule has 0 atom stereocenters. The third-order valence-electron chi connectivity index (χ3n) is 4.02. The van der Waals surface area contributed by atoms with Crippen molar-refractivity contribution in [1.82, 2.24) is 4.98 Å². The fourth-order valence-corrected chi connectivity index (χ4v) is 2.65. The Morgan fingerprint density at radius 2 is 2.00 bits per heavy atom. The summed E-state index contributed by atoms with van der Waals surface area (Å²) >= 11 is 0. The van der Waals surface area contributed by atoms with Crippen LogP contribution in [-0.4, -0.2) is 22.7 Å². The van der Waals surface area contributed by atoms with E-state index in [4.69, 9.17) is 4.98 Å². The first-order chi connectivity index (χ1) is 8.69. The van der Waals surface area contributed by atoms with Crippen LogP contribution in [0.1, 0.15) is 42.5 Å². The lowest BCUT2D eigenvalue weighted by Gasteiger charge is -2.26. The summed E-state index contributed by atoms with van der Waals surface area (Å²) in [5.74, 6) is 1.91. The number of pyridine rings is 1. The van der Waals surface area contributed by atoms with Gasteiger partial charge in [0.2, 0.25) is 0 Å². The highest BCUT2D eigenvalue weighted by Crippen LogP contribution is 2.38. The van der Waals surface area contributed by atoms with Gasteiger partial charge < -0.3 is 10.0 Å². The van der Waals surface area contributed by atoms with E-state index in [1.54, 1.807) is 0 Å². The van der Waals surface area contributed by atoms with Gasteiger partial charge >= 0.3 is 0 Å². The number of rotatable bonds is 5. The van der Waals surface area contributed by atoms with Crippen LogP contribution in [0.25, 0.3) is 0 Å². The summed E-state index contributed by atoms with van der Waals surface area (Å²) in [5.41, 5.74) is 3.25. The number of hydrogen-bond acceptors (Lipinski definition) is 3. The van der Waals surface area contributed by atoms with Crippen molar-refractivity contribution in [2.24, 2.45) is 5.92 Å². The predicted molar refractivity (Wildman–Crippen MR) is 72.7 cm³/mol. The van der Waals surface area contributed by atoms with Crippen molar-refractivity contribution in [2.45, 2.75) is 52.2 Å². The molecular formula is C15H22N2O. The van der Waals surface area contributed by atoms with Crippen LogP contribution in [0.2, 0.25) is 0 Å². The van der Waals surface area contributed by atoms with Crippen molar-refractivity contribution in [3.63, 3.8) is 0 Å². The molecule has 1 aromatic rings. The second kappa shape index (κ2) is 4.54. The van der Waals surface area contributed by atoms with Crippen molar-refractivity contribution < 1.29 is 5.11 Å². The normalized spacial score (nSPS) is 19.1. The van der Waals surface area contributed by atoms with Gasteiger partial charge in [-0.2, -0.15) is 0 Å². The van der Waals surface area contributed by atoms with Gasteiger partial charge in [0, 0.05) is 23.8 Å². The molecule has 0 aliphatic heterocycles. The zero-order valence-corrected chi connectivity index (χ0v) is 11.3. The highest BCUT2D eigenvalue weighted by Gasteiger charge is 2.35. The number of aromatic nitrogens is 1. The van der Waals surface area contributed by atoms with E-state index < -0.39 is 0 Å². The lowest BCUT2D eigenvalue weighted by molar-refractivity contribution is 0.280. The molecule has 2 aliphatic carbocycles. The maximum atomic E-state index is 9.62. The Bertz CT molecular complexity index is 450. The lowest BCUT2D eigenvalue weighted by atomic mass is 10.1. The molecule has 18 heavy (non-hydrogen) atoms. The Hall–Kier alpha value is -1.09. The van der Waals surface area contributed by atoms with E-state index in [2.05, 4.69) is 17.9 Å². The van der Waals surface area contributed by atoms with E-state index in [0.29, 0.717) is 6.04 Å². The standard InChI is InChI=1S/C15H22N2O/c1-10-7-11(2)16-15(14(10)9-18)17(13-5-6-13)8-12-3-4-12/h7,12-13,18H,3-6,8-9H2,1-2H3. The van der Waals surface area contributed by atoms with E-state index >= 15 is 0 Å². The fraction of sp³-hybridized carbons (Fsp3) is 0.667. The molecule has 2 fully saturated rings. The number of aryl methyl sites for hydroxylation is 2. The van der Waals surface area contributed by atoms with Gasteiger partial charge in [0.25, 0.3) is 0 Å². The molecule has 1 heterocycles. The van der Waals surface area contributed by atoms with Crippen LogP contribution in [0.5, 0.6) is 0 Å². The molecule has 0 bridgehead atoms. The molecule has 2 saturated carbocycles. The van der Waals surface area contributed by atoms with Crippen LogP contribution < -0.4 is 4.90 Å². The van der Waals surface area contributed by atoms with Gasteiger partial charge in [-0.15, -0.1) is 0 Å². The van der Waals surface area contributed by atoms with Gasteiger partial charge in [-0.25, -0.2) is 4.98 Å². The number of aliphatic hydroxyl groups excluding tert-OH is 1. The second-order valence-electron chi connectivity index (χ2n) is 5.87. The fourth-order valence-electron chi connectivity index (χ4n) is 2.65. The van der Waals surface area contributed by atoms with Gasteiger partial charge in [0.05, 0.1) is 6.61 Å². The number of anilines is 1. The summed E-state index contributed by atoms with van der Waals surface area (Å²) in [6, 6.07) is 2.74. The van der Waals surface area contributed by atoms with Gasteiger partial charge in [0.15, 0.2) is 0 Å². The molecule has 3 heteroatoms. The molecule has 0 spiro atoms. The zero-order valence-electron chi connectivity index (χ0n) is 11.3. The maximum Gasteiger partial charge on any atom is 0.134 e. The van der Waals surface area contributed by atoms with E-state index in [0.717, 1.165) is 29.5 Å². The molecule has 3 rings (SSSR count). The summed E-state index contributed by atoms with van der Waals surface area (Å²) in [6.45, 7) is 5.35. The molecule has 0 unspecified atom stereocenters. The van der Waals surface area contributed by atoms with Crippen molar-refractivity contribution in [3.05, 3.63) is 22.9 Å². The number of nitrogens with zero attached hydrogens (tertiary/aromatic N) is 2. The topological polar surface area (TPSA) is 36.4 Å². The Morgan fingerprint density at radius 3 is 2.56 bits per heavy atom. The van der Waals surface area contributed by atoms with Crippen LogP contribution in [0.4, 0.5) is 5.82 Å². The maximum absolute atomic E-state index is 9.62. The SMILES string of the molecule is Cc1cc(C)c(CO)c(N(CC2CC2)C2CC2)n1. The molecule has 2 aliphatic rings. The summed E-state index contributed by atoms with van der Waals surface area (Å²) in [6.07, 6.45) is 5.30. The smallest absolute Gasteiger partial charge is 0.134 e. The average molecular weight is 246 g/mol.